The Morgan fingerprint density at radius 1 is 1.00 bits per heavy atom. The van der Waals surface area contributed by atoms with E-state index in [1.807, 2.05) is 0 Å². The van der Waals surface area contributed by atoms with Gasteiger partial charge in [0.05, 0.1) is 5.56 Å². The minimum Gasteiger partial charge on any atom is -0.477 e. The molecule has 0 heterocycles. The van der Waals surface area contributed by atoms with E-state index in [1.54, 1.807) is 20.8 Å². The zero-order chi connectivity index (χ0) is 21.9. The largest absolute Gasteiger partial charge is 0.514 e. The molecule has 0 spiro atoms. The van der Waals surface area contributed by atoms with Gasteiger partial charge in [0.15, 0.2) is 5.60 Å². The molecular weight excluding hydrogens is 390 g/mol. The van der Waals surface area contributed by atoms with Crippen LogP contribution in [-0.4, -0.2) is 40.3 Å². The Morgan fingerprint density at radius 3 is 2.03 bits per heavy atom. The van der Waals surface area contributed by atoms with Crippen molar-refractivity contribution in [2.45, 2.75) is 70.0 Å². The number of alkyl halides is 2. The van der Waals surface area contributed by atoms with Crippen molar-refractivity contribution < 1.29 is 42.5 Å². The van der Waals surface area contributed by atoms with E-state index in [2.05, 4.69) is 0 Å². The second-order valence-corrected chi connectivity index (χ2v) is 7.91. The van der Waals surface area contributed by atoms with Gasteiger partial charge in [0.2, 0.25) is 0 Å². The van der Waals surface area contributed by atoms with Gasteiger partial charge in [-0.15, -0.1) is 0 Å². The predicted octanol–water partition coefficient (Wildman–Crippen LogP) is 4.58. The Labute approximate surface area is 166 Å². The molecule has 0 saturated heterocycles. The summed E-state index contributed by atoms with van der Waals surface area (Å²) in [6, 6.07) is 5.03. The molecule has 2 rings (SSSR count). The van der Waals surface area contributed by atoms with Crippen LogP contribution in [0.15, 0.2) is 24.3 Å². The molecule has 7 nitrogen and oxygen atoms in total. The number of hydrogen-bond acceptors (Lipinski definition) is 6. The van der Waals surface area contributed by atoms with Gasteiger partial charge in [-0.2, -0.15) is 8.78 Å². The minimum absolute atomic E-state index is 0.0762. The van der Waals surface area contributed by atoms with Crippen LogP contribution in [0.2, 0.25) is 0 Å². The Kier molecular flexibility index (Phi) is 6.50. The highest BCUT2D eigenvalue weighted by atomic mass is 19.3. The summed E-state index contributed by atoms with van der Waals surface area (Å²) in [5.74, 6) is -7.52. The predicted molar refractivity (Wildman–Crippen MR) is 97.1 cm³/mol. The van der Waals surface area contributed by atoms with E-state index in [4.69, 9.17) is 19.3 Å². The van der Waals surface area contributed by atoms with Crippen LogP contribution in [0, 0.1) is 0 Å². The molecule has 0 unspecified atom stereocenters. The fourth-order valence-electron chi connectivity index (χ4n) is 3.06. The van der Waals surface area contributed by atoms with Gasteiger partial charge >= 0.3 is 24.0 Å². The highest BCUT2D eigenvalue weighted by molar-refractivity contribution is 5.90. The van der Waals surface area contributed by atoms with E-state index in [0.29, 0.717) is 19.3 Å². The lowest BCUT2D eigenvalue weighted by Gasteiger charge is -2.40. The van der Waals surface area contributed by atoms with Crippen molar-refractivity contribution in [2.75, 3.05) is 0 Å². The molecule has 1 saturated carbocycles. The zero-order valence-corrected chi connectivity index (χ0v) is 16.5. The molecule has 160 valence electrons. The molecule has 1 aromatic rings. The molecular formula is C20H24F2O7. The van der Waals surface area contributed by atoms with E-state index in [9.17, 15) is 23.2 Å². The third-order valence-electron chi connectivity index (χ3n) is 4.47. The van der Waals surface area contributed by atoms with E-state index in [-0.39, 0.29) is 24.2 Å². The molecule has 0 amide bonds. The summed E-state index contributed by atoms with van der Waals surface area (Å²) in [6.45, 7) is 5.00. The number of esters is 1. The van der Waals surface area contributed by atoms with Gasteiger partial charge in [0.25, 0.3) is 0 Å². The maximum atomic E-state index is 14.4. The van der Waals surface area contributed by atoms with Gasteiger partial charge in [-0.3, -0.25) is 0 Å². The van der Waals surface area contributed by atoms with Crippen molar-refractivity contribution in [3.8, 4) is 5.75 Å². The lowest BCUT2D eigenvalue weighted by molar-refractivity contribution is -0.215. The quantitative estimate of drug-likeness (QED) is 0.556. The van der Waals surface area contributed by atoms with Crippen LogP contribution in [-0.2, 0) is 14.3 Å². The van der Waals surface area contributed by atoms with Gasteiger partial charge < -0.3 is 19.3 Å². The fraction of sp³-hybridized carbons (Fsp3) is 0.550. The molecule has 1 aliphatic carbocycles. The Bertz CT molecular complexity index is 760. The first kappa shape index (κ1) is 22.6. The van der Waals surface area contributed by atoms with Crippen LogP contribution in [0.5, 0.6) is 5.75 Å². The van der Waals surface area contributed by atoms with Crippen LogP contribution in [0.1, 0.15) is 63.2 Å². The van der Waals surface area contributed by atoms with Gasteiger partial charge in [-0.05, 0) is 70.7 Å². The SMILES string of the molecule is CC(C)(C)OC(=O)Oc1ccc(C(=O)OC2(C(F)(F)C(=O)O)CCCCC2)cc1. The van der Waals surface area contributed by atoms with Crippen LogP contribution in [0.3, 0.4) is 0 Å². The van der Waals surface area contributed by atoms with Crippen molar-refractivity contribution in [1.82, 2.24) is 0 Å². The molecule has 0 aromatic heterocycles. The van der Waals surface area contributed by atoms with Gasteiger partial charge in [0, 0.05) is 0 Å². The summed E-state index contributed by atoms with van der Waals surface area (Å²) in [7, 11) is 0. The number of carbonyl (C=O) groups is 3. The summed E-state index contributed by atoms with van der Waals surface area (Å²) in [5, 5.41) is 8.94. The smallest absolute Gasteiger partial charge is 0.477 e. The molecule has 0 radical (unpaired) electrons. The third-order valence-corrected chi connectivity index (χ3v) is 4.47. The summed E-state index contributed by atoms with van der Waals surface area (Å²) in [4.78, 5) is 35.2. The molecule has 0 atom stereocenters. The molecule has 29 heavy (non-hydrogen) atoms. The van der Waals surface area contributed by atoms with Crippen LogP contribution >= 0.6 is 0 Å². The van der Waals surface area contributed by atoms with Crippen molar-refractivity contribution >= 4 is 18.1 Å². The van der Waals surface area contributed by atoms with Crippen molar-refractivity contribution in [3.63, 3.8) is 0 Å². The number of carboxylic acid groups (broad SMARTS) is 1. The van der Waals surface area contributed by atoms with E-state index in [0.717, 1.165) is 0 Å². The molecule has 1 aliphatic rings. The van der Waals surface area contributed by atoms with Crippen LogP contribution in [0.4, 0.5) is 13.6 Å². The minimum atomic E-state index is -4.21. The Morgan fingerprint density at radius 2 is 1.55 bits per heavy atom. The standard InChI is InChI=1S/C20H24F2O7/c1-18(2,3)29-17(26)27-14-9-7-13(8-10-14)15(23)28-19(11-5-4-6-12-19)20(21,22)16(24)25/h7-10H,4-6,11-12H2,1-3H3,(H,24,25). The fourth-order valence-corrected chi connectivity index (χ4v) is 3.06. The summed E-state index contributed by atoms with van der Waals surface area (Å²) in [5.41, 5.74) is -3.21. The van der Waals surface area contributed by atoms with E-state index >= 15 is 0 Å². The number of rotatable bonds is 5. The molecule has 0 aliphatic heterocycles. The molecule has 1 fully saturated rings. The number of ether oxygens (including phenoxy) is 3. The average Bonchev–Trinajstić information content (AvgIpc) is 2.61. The Balaban J connectivity index is 2.13. The molecule has 0 bridgehead atoms. The van der Waals surface area contributed by atoms with Crippen molar-refractivity contribution in [3.05, 3.63) is 29.8 Å². The van der Waals surface area contributed by atoms with Crippen LogP contribution in [0.25, 0.3) is 0 Å². The third kappa shape index (κ3) is 5.42. The second kappa shape index (κ2) is 8.34. The maximum absolute atomic E-state index is 14.4. The number of benzene rings is 1. The first-order valence-electron chi connectivity index (χ1n) is 9.22. The number of halogens is 2. The van der Waals surface area contributed by atoms with Crippen LogP contribution < -0.4 is 4.74 Å². The summed E-state index contributed by atoms with van der Waals surface area (Å²) in [6.07, 6.45) is -0.0888. The van der Waals surface area contributed by atoms with Gasteiger partial charge in [-0.25, -0.2) is 14.4 Å². The summed E-state index contributed by atoms with van der Waals surface area (Å²) >= 11 is 0. The highest BCUT2D eigenvalue weighted by Gasteiger charge is 2.62. The zero-order valence-electron chi connectivity index (χ0n) is 16.5. The van der Waals surface area contributed by atoms with Crippen molar-refractivity contribution in [1.29, 1.82) is 0 Å². The highest BCUT2D eigenvalue weighted by Crippen LogP contribution is 2.44. The summed E-state index contributed by atoms with van der Waals surface area (Å²) < 4.78 is 43.8. The monoisotopic (exact) mass is 414 g/mol. The lowest BCUT2D eigenvalue weighted by atomic mass is 9.79. The van der Waals surface area contributed by atoms with Gasteiger partial charge in [0.1, 0.15) is 11.4 Å². The lowest BCUT2D eigenvalue weighted by Crippen LogP contribution is -2.56. The van der Waals surface area contributed by atoms with Crippen molar-refractivity contribution in [2.24, 2.45) is 0 Å². The van der Waals surface area contributed by atoms with E-state index < -0.39 is 35.2 Å². The van der Waals surface area contributed by atoms with Gasteiger partial charge in [-0.1, -0.05) is 6.42 Å². The second-order valence-electron chi connectivity index (χ2n) is 7.91. The Hall–Kier alpha value is -2.71. The average molecular weight is 414 g/mol. The number of hydrogen-bond donors (Lipinski definition) is 1. The topological polar surface area (TPSA) is 99.1 Å². The normalized spacial score (nSPS) is 16.6. The number of carbonyl (C=O) groups excluding carboxylic acids is 2. The number of carboxylic acids is 1. The molecule has 1 N–H and O–H groups in total. The number of aliphatic carboxylic acids is 1. The molecule has 9 heteroatoms. The first-order chi connectivity index (χ1) is 13.4. The maximum Gasteiger partial charge on any atom is 0.514 e. The van der Waals surface area contributed by atoms with E-state index in [1.165, 1.54) is 24.3 Å². The first-order valence-corrected chi connectivity index (χ1v) is 9.22. The molecule has 1 aromatic carbocycles.